The highest BCUT2D eigenvalue weighted by Crippen LogP contribution is 2.34. The average molecular weight is 280 g/mol. The van der Waals surface area contributed by atoms with Gasteiger partial charge in [-0.3, -0.25) is 0 Å². The largest absolute Gasteiger partial charge is 0.279 e. The van der Waals surface area contributed by atoms with Gasteiger partial charge in [0.15, 0.2) is 10.8 Å². The highest BCUT2D eigenvalue weighted by Gasteiger charge is 2.28. The van der Waals surface area contributed by atoms with Gasteiger partial charge in [0.2, 0.25) is 0 Å². The summed E-state index contributed by atoms with van der Waals surface area (Å²) in [4.78, 5) is 2.97. The zero-order valence-corrected chi connectivity index (χ0v) is 9.04. The van der Waals surface area contributed by atoms with Crippen LogP contribution in [0.3, 0.4) is 0 Å². The van der Waals surface area contributed by atoms with Crippen molar-refractivity contribution in [2.24, 2.45) is 0 Å². The standard InChI is InChI=1S/C6H2Cl2F3NO2S/c7-4-2(9)1-12-6(15(8,13)14)3(4)5(10)11/h1,5H. The van der Waals surface area contributed by atoms with Crippen molar-refractivity contribution in [3.8, 4) is 0 Å². The Bertz CT molecular complexity index is 491. The molecule has 15 heavy (non-hydrogen) atoms. The minimum Gasteiger partial charge on any atom is -0.240 e. The maximum absolute atomic E-state index is 12.7. The molecule has 0 aliphatic rings. The van der Waals surface area contributed by atoms with E-state index in [1.807, 2.05) is 0 Å². The van der Waals surface area contributed by atoms with Gasteiger partial charge in [0.25, 0.3) is 15.5 Å². The van der Waals surface area contributed by atoms with Gasteiger partial charge in [-0.25, -0.2) is 26.6 Å². The Morgan fingerprint density at radius 2 is 1.93 bits per heavy atom. The monoisotopic (exact) mass is 279 g/mol. The molecule has 0 bridgehead atoms. The van der Waals surface area contributed by atoms with E-state index in [-0.39, 0.29) is 0 Å². The van der Waals surface area contributed by atoms with E-state index in [0.717, 1.165) is 0 Å². The molecule has 1 aromatic rings. The normalized spacial score (nSPS) is 12.1. The van der Waals surface area contributed by atoms with E-state index < -0.39 is 36.9 Å². The molecule has 0 saturated carbocycles. The topological polar surface area (TPSA) is 47.0 Å². The quantitative estimate of drug-likeness (QED) is 0.782. The summed E-state index contributed by atoms with van der Waals surface area (Å²) in [7, 11) is 0.340. The van der Waals surface area contributed by atoms with Gasteiger partial charge < -0.3 is 0 Å². The first-order chi connectivity index (χ1) is 6.75. The summed E-state index contributed by atoms with van der Waals surface area (Å²) in [5.41, 5.74) is -1.23. The van der Waals surface area contributed by atoms with Crippen LogP contribution >= 0.6 is 22.3 Å². The van der Waals surface area contributed by atoms with Crippen molar-refractivity contribution >= 4 is 31.3 Å². The molecule has 3 nitrogen and oxygen atoms in total. The SMILES string of the molecule is O=S(=O)(Cl)c1ncc(F)c(Cl)c1C(F)F. The van der Waals surface area contributed by atoms with Crippen molar-refractivity contribution in [2.75, 3.05) is 0 Å². The fraction of sp³-hybridized carbons (Fsp3) is 0.167. The molecule has 1 heterocycles. The van der Waals surface area contributed by atoms with Crippen LogP contribution in [0.25, 0.3) is 0 Å². The smallest absolute Gasteiger partial charge is 0.240 e. The lowest BCUT2D eigenvalue weighted by molar-refractivity contribution is 0.146. The molecule has 0 saturated heterocycles. The third kappa shape index (κ3) is 2.53. The highest BCUT2D eigenvalue weighted by atomic mass is 35.7. The summed E-state index contributed by atoms with van der Waals surface area (Å²) in [6, 6.07) is 0. The van der Waals surface area contributed by atoms with E-state index in [2.05, 4.69) is 4.98 Å². The zero-order valence-electron chi connectivity index (χ0n) is 6.72. The molecule has 0 unspecified atom stereocenters. The molecular formula is C6H2Cl2F3NO2S. The van der Waals surface area contributed by atoms with Gasteiger partial charge in [0, 0.05) is 10.7 Å². The van der Waals surface area contributed by atoms with E-state index in [0.29, 0.717) is 6.20 Å². The second kappa shape index (κ2) is 4.15. The molecule has 84 valence electrons. The third-order valence-electron chi connectivity index (χ3n) is 1.42. The predicted octanol–water partition coefficient (Wildman–Crippen LogP) is 2.74. The second-order valence-electron chi connectivity index (χ2n) is 2.38. The van der Waals surface area contributed by atoms with Crippen molar-refractivity contribution in [3.05, 3.63) is 22.6 Å². The lowest BCUT2D eigenvalue weighted by Gasteiger charge is -2.07. The van der Waals surface area contributed by atoms with Gasteiger partial charge in [-0.1, -0.05) is 11.6 Å². The Labute approximate surface area is 92.2 Å². The molecule has 0 spiro atoms. The van der Waals surface area contributed by atoms with Gasteiger partial charge in [0.05, 0.1) is 16.8 Å². The maximum Gasteiger partial charge on any atom is 0.279 e. The van der Waals surface area contributed by atoms with E-state index in [9.17, 15) is 21.6 Å². The molecule has 0 N–H and O–H groups in total. The summed E-state index contributed by atoms with van der Waals surface area (Å²) in [5.74, 6) is -1.24. The first kappa shape index (κ1) is 12.5. The van der Waals surface area contributed by atoms with Gasteiger partial charge in [-0.2, -0.15) is 0 Å². The van der Waals surface area contributed by atoms with Crippen LogP contribution < -0.4 is 0 Å². The summed E-state index contributed by atoms with van der Waals surface area (Å²) < 4.78 is 59.1. The summed E-state index contributed by atoms with van der Waals surface area (Å²) in [5, 5.41) is -2.13. The van der Waals surface area contributed by atoms with Crippen LogP contribution in [-0.2, 0) is 9.05 Å². The summed E-state index contributed by atoms with van der Waals surface area (Å²) in [6.07, 6.45) is -2.88. The minimum atomic E-state index is -4.49. The van der Waals surface area contributed by atoms with Crippen LogP contribution in [0.4, 0.5) is 13.2 Å². The Morgan fingerprint density at radius 1 is 1.40 bits per heavy atom. The van der Waals surface area contributed by atoms with Gasteiger partial charge in [0.1, 0.15) is 0 Å². The fourth-order valence-corrected chi connectivity index (χ4v) is 2.13. The van der Waals surface area contributed by atoms with Crippen molar-refractivity contribution in [1.29, 1.82) is 0 Å². The summed E-state index contributed by atoms with van der Waals surface area (Å²) >= 11 is 5.18. The number of alkyl halides is 2. The van der Waals surface area contributed by atoms with Crippen molar-refractivity contribution in [2.45, 2.75) is 11.5 Å². The van der Waals surface area contributed by atoms with Crippen LogP contribution in [0.5, 0.6) is 0 Å². The number of aromatic nitrogens is 1. The van der Waals surface area contributed by atoms with Gasteiger partial charge in [-0.15, -0.1) is 0 Å². The van der Waals surface area contributed by atoms with Crippen LogP contribution in [0.2, 0.25) is 5.02 Å². The summed E-state index contributed by atoms with van der Waals surface area (Å²) in [6.45, 7) is 0. The molecular weight excluding hydrogens is 278 g/mol. The van der Waals surface area contributed by atoms with Gasteiger partial charge in [-0.05, 0) is 0 Å². The maximum atomic E-state index is 12.7. The van der Waals surface area contributed by atoms with Crippen LogP contribution in [0.15, 0.2) is 11.2 Å². The molecule has 9 heteroatoms. The minimum absolute atomic E-state index is 0.406. The van der Waals surface area contributed by atoms with E-state index >= 15 is 0 Å². The van der Waals surface area contributed by atoms with Crippen LogP contribution in [0.1, 0.15) is 12.0 Å². The highest BCUT2D eigenvalue weighted by molar-refractivity contribution is 8.13. The molecule has 0 aliphatic heterocycles. The molecule has 1 rings (SSSR count). The molecule has 1 aromatic heterocycles. The molecule has 0 fully saturated rings. The Hall–Kier alpha value is -0.530. The third-order valence-corrected chi connectivity index (χ3v) is 3.03. The lowest BCUT2D eigenvalue weighted by atomic mass is 10.3. The number of hydrogen-bond donors (Lipinski definition) is 0. The van der Waals surface area contributed by atoms with Crippen molar-refractivity contribution in [3.63, 3.8) is 0 Å². The van der Waals surface area contributed by atoms with E-state index in [1.54, 1.807) is 0 Å². The second-order valence-corrected chi connectivity index (χ2v) is 5.24. The van der Waals surface area contributed by atoms with Crippen molar-refractivity contribution < 1.29 is 21.6 Å². The Balaban J connectivity index is 3.62. The molecule has 0 aromatic carbocycles. The Morgan fingerprint density at radius 3 is 2.33 bits per heavy atom. The predicted molar refractivity (Wildman–Crippen MR) is 47.2 cm³/mol. The number of halogens is 5. The molecule has 0 aliphatic carbocycles. The van der Waals surface area contributed by atoms with E-state index in [4.69, 9.17) is 22.3 Å². The first-order valence-electron chi connectivity index (χ1n) is 3.32. The number of hydrogen-bond acceptors (Lipinski definition) is 3. The number of nitrogens with zero attached hydrogens (tertiary/aromatic N) is 1. The van der Waals surface area contributed by atoms with Gasteiger partial charge >= 0.3 is 0 Å². The van der Waals surface area contributed by atoms with Crippen LogP contribution in [0, 0.1) is 5.82 Å². The number of pyridine rings is 1. The molecule has 0 atom stereocenters. The Kier molecular flexibility index (Phi) is 3.47. The van der Waals surface area contributed by atoms with Crippen LogP contribution in [-0.4, -0.2) is 13.4 Å². The average Bonchev–Trinajstić information content (AvgIpc) is 2.06. The number of rotatable bonds is 2. The molecule has 0 radical (unpaired) electrons. The van der Waals surface area contributed by atoms with Crippen molar-refractivity contribution in [1.82, 2.24) is 4.98 Å². The lowest BCUT2D eigenvalue weighted by Crippen LogP contribution is -2.04. The zero-order chi connectivity index (χ0) is 11.8. The molecule has 0 amide bonds. The van der Waals surface area contributed by atoms with E-state index in [1.165, 1.54) is 0 Å². The fourth-order valence-electron chi connectivity index (χ4n) is 0.847. The first-order valence-corrected chi connectivity index (χ1v) is 6.00.